The maximum absolute atomic E-state index is 13.0. The minimum absolute atomic E-state index is 0.545. The van der Waals surface area contributed by atoms with Crippen molar-refractivity contribution >= 4 is 27.5 Å². The molecular weight excluding hydrogens is 348 g/mol. The van der Waals surface area contributed by atoms with Crippen molar-refractivity contribution in [3.63, 3.8) is 0 Å². The predicted octanol–water partition coefficient (Wildman–Crippen LogP) is 4.71. The quantitative estimate of drug-likeness (QED) is 0.761. The molecule has 0 aromatic heterocycles. The fourth-order valence-corrected chi connectivity index (χ4v) is 2.62. The van der Waals surface area contributed by atoms with Gasteiger partial charge in [-0.25, -0.2) is 8.78 Å². The monoisotopic (exact) mass is 359 g/mol. The molecule has 0 bridgehead atoms. The lowest BCUT2D eigenvalue weighted by atomic mass is 10.1. The Morgan fingerprint density at radius 1 is 1.05 bits per heavy atom. The summed E-state index contributed by atoms with van der Waals surface area (Å²) in [5.41, 5.74) is 1.62. The van der Waals surface area contributed by atoms with Gasteiger partial charge < -0.3 is 5.32 Å². The topological polar surface area (TPSA) is 12.0 Å². The third-order valence-electron chi connectivity index (χ3n) is 2.84. The van der Waals surface area contributed by atoms with Crippen molar-refractivity contribution in [2.45, 2.75) is 13.0 Å². The molecule has 0 amide bonds. The second-order valence-corrected chi connectivity index (χ2v) is 5.76. The predicted molar refractivity (Wildman–Crippen MR) is 80.9 cm³/mol. The van der Waals surface area contributed by atoms with Crippen LogP contribution in [-0.4, -0.2) is 6.54 Å². The average molecular weight is 361 g/mol. The summed E-state index contributed by atoms with van der Waals surface area (Å²) in [5, 5.41) is 3.89. The van der Waals surface area contributed by atoms with Crippen molar-refractivity contribution in [3.8, 4) is 0 Å². The summed E-state index contributed by atoms with van der Waals surface area (Å²) < 4.78 is 27.0. The van der Waals surface area contributed by atoms with Crippen molar-refractivity contribution in [1.29, 1.82) is 0 Å². The van der Waals surface area contributed by atoms with E-state index in [1.54, 1.807) is 0 Å². The van der Waals surface area contributed by atoms with E-state index in [1.807, 2.05) is 18.2 Å². The lowest BCUT2D eigenvalue weighted by Crippen LogP contribution is -2.17. The standard InChI is InChI=1S/C15H13BrClF2N/c16-12-2-1-11(15(17)7-12)9-20-4-3-10-5-13(18)8-14(19)6-10/h1-2,5-8,20H,3-4,9H2. The number of benzene rings is 2. The van der Waals surface area contributed by atoms with Crippen LogP contribution in [0, 0.1) is 11.6 Å². The van der Waals surface area contributed by atoms with E-state index in [0.717, 1.165) is 16.1 Å². The van der Waals surface area contributed by atoms with E-state index in [1.165, 1.54) is 12.1 Å². The highest BCUT2D eigenvalue weighted by atomic mass is 79.9. The van der Waals surface area contributed by atoms with Gasteiger partial charge in [0.1, 0.15) is 11.6 Å². The number of halogens is 4. The Kier molecular flexibility index (Phi) is 5.52. The maximum Gasteiger partial charge on any atom is 0.126 e. The van der Waals surface area contributed by atoms with Crippen LogP contribution in [0.4, 0.5) is 8.78 Å². The molecule has 0 aliphatic carbocycles. The Morgan fingerprint density at radius 3 is 2.40 bits per heavy atom. The van der Waals surface area contributed by atoms with E-state index in [4.69, 9.17) is 11.6 Å². The molecule has 0 radical (unpaired) electrons. The molecule has 1 nitrogen and oxygen atoms in total. The van der Waals surface area contributed by atoms with Gasteiger partial charge in [0.25, 0.3) is 0 Å². The smallest absolute Gasteiger partial charge is 0.126 e. The number of hydrogen-bond donors (Lipinski definition) is 1. The van der Waals surface area contributed by atoms with Crippen LogP contribution in [-0.2, 0) is 13.0 Å². The van der Waals surface area contributed by atoms with Crippen LogP contribution in [0.2, 0.25) is 5.02 Å². The average Bonchev–Trinajstić information content (AvgIpc) is 2.35. The molecule has 106 valence electrons. The highest BCUT2D eigenvalue weighted by Crippen LogP contribution is 2.21. The first-order chi connectivity index (χ1) is 9.54. The summed E-state index contributed by atoms with van der Waals surface area (Å²) in [6.07, 6.45) is 0.558. The Balaban J connectivity index is 1.84. The molecule has 2 rings (SSSR count). The SMILES string of the molecule is Fc1cc(F)cc(CCNCc2ccc(Br)cc2Cl)c1. The Labute approximate surface area is 130 Å². The van der Waals surface area contributed by atoms with Gasteiger partial charge in [0.15, 0.2) is 0 Å². The van der Waals surface area contributed by atoms with Gasteiger partial charge in [-0.3, -0.25) is 0 Å². The first-order valence-corrected chi connectivity index (χ1v) is 7.31. The van der Waals surface area contributed by atoms with Gasteiger partial charge >= 0.3 is 0 Å². The van der Waals surface area contributed by atoms with Crippen LogP contribution in [0.25, 0.3) is 0 Å². The van der Waals surface area contributed by atoms with Crippen LogP contribution < -0.4 is 5.32 Å². The summed E-state index contributed by atoms with van der Waals surface area (Å²) in [6.45, 7) is 1.24. The van der Waals surface area contributed by atoms with Crippen molar-refractivity contribution < 1.29 is 8.78 Å². The van der Waals surface area contributed by atoms with Gasteiger partial charge in [-0.15, -0.1) is 0 Å². The highest BCUT2D eigenvalue weighted by Gasteiger charge is 2.02. The molecule has 2 aromatic carbocycles. The van der Waals surface area contributed by atoms with Crippen LogP contribution >= 0.6 is 27.5 Å². The summed E-state index contributed by atoms with van der Waals surface area (Å²) in [4.78, 5) is 0. The minimum atomic E-state index is -0.545. The second kappa shape index (κ2) is 7.16. The lowest BCUT2D eigenvalue weighted by molar-refractivity contribution is 0.577. The molecule has 0 fully saturated rings. The molecule has 20 heavy (non-hydrogen) atoms. The van der Waals surface area contributed by atoms with E-state index < -0.39 is 11.6 Å². The van der Waals surface area contributed by atoms with E-state index in [2.05, 4.69) is 21.2 Å². The first-order valence-electron chi connectivity index (χ1n) is 6.14. The lowest BCUT2D eigenvalue weighted by Gasteiger charge is -2.07. The van der Waals surface area contributed by atoms with Gasteiger partial charge in [0.05, 0.1) is 0 Å². The maximum atomic E-state index is 13.0. The molecule has 1 N–H and O–H groups in total. The molecule has 0 spiro atoms. The molecular formula is C15H13BrClF2N. The van der Waals surface area contributed by atoms with Crippen LogP contribution in [0.15, 0.2) is 40.9 Å². The van der Waals surface area contributed by atoms with Crippen molar-refractivity contribution in [1.82, 2.24) is 5.32 Å². The molecule has 0 unspecified atom stereocenters. The number of rotatable bonds is 5. The van der Waals surface area contributed by atoms with Gasteiger partial charge in [0, 0.05) is 22.1 Å². The zero-order valence-corrected chi connectivity index (χ0v) is 12.9. The Hall–Kier alpha value is -0.970. The third-order valence-corrected chi connectivity index (χ3v) is 3.69. The van der Waals surface area contributed by atoms with Crippen LogP contribution in [0.5, 0.6) is 0 Å². The van der Waals surface area contributed by atoms with Crippen molar-refractivity contribution in [2.24, 2.45) is 0 Å². The van der Waals surface area contributed by atoms with Gasteiger partial charge in [0.2, 0.25) is 0 Å². The van der Waals surface area contributed by atoms with E-state index in [0.29, 0.717) is 30.1 Å². The molecule has 0 atom stereocenters. The van der Waals surface area contributed by atoms with Gasteiger partial charge in [-0.05, 0) is 48.4 Å². The molecule has 0 saturated heterocycles. The van der Waals surface area contributed by atoms with Crippen molar-refractivity contribution in [3.05, 3.63) is 68.7 Å². The summed E-state index contributed by atoms with van der Waals surface area (Å²) in [5.74, 6) is -1.09. The number of hydrogen-bond acceptors (Lipinski definition) is 1. The molecule has 0 aliphatic rings. The zero-order chi connectivity index (χ0) is 14.5. The van der Waals surface area contributed by atoms with E-state index in [-0.39, 0.29) is 0 Å². The summed E-state index contributed by atoms with van der Waals surface area (Å²) in [7, 11) is 0. The Bertz CT molecular complexity index is 584. The first kappa shape index (κ1) is 15.4. The van der Waals surface area contributed by atoms with E-state index in [9.17, 15) is 8.78 Å². The van der Waals surface area contributed by atoms with Gasteiger partial charge in [-0.2, -0.15) is 0 Å². The van der Waals surface area contributed by atoms with Crippen LogP contribution in [0.1, 0.15) is 11.1 Å². The normalized spacial score (nSPS) is 10.8. The molecule has 0 heterocycles. The molecule has 0 aliphatic heterocycles. The molecule has 0 saturated carbocycles. The van der Waals surface area contributed by atoms with E-state index >= 15 is 0 Å². The minimum Gasteiger partial charge on any atom is -0.312 e. The Morgan fingerprint density at radius 2 is 1.75 bits per heavy atom. The third kappa shape index (κ3) is 4.54. The zero-order valence-electron chi connectivity index (χ0n) is 10.6. The largest absolute Gasteiger partial charge is 0.312 e. The fraction of sp³-hybridized carbons (Fsp3) is 0.200. The second-order valence-electron chi connectivity index (χ2n) is 4.44. The van der Waals surface area contributed by atoms with Gasteiger partial charge in [-0.1, -0.05) is 33.6 Å². The fourth-order valence-electron chi connectivity index (χ4n) is 1.88. The van der Waals surface area contributed by atoms with Crippen LogP contribution in [0.3, 0.4) is 0 Å². The van der Waals surface area contributed by atoms with Crippen molar-refractivity contribution in [2.75, 3.05) is 6.54 Å². The highest BCUT2D eigenvalue weighted by molar-refractivity contribution is 9.10. The summed E-state index contributed by atoms with van der Waals surface area (Å²) in [6, 6.07) is 9.25. The summed E-state index contributed by atoms with van der Waals surface area (Å²) >= 11 is 9.44. The molecule has 5 heteroatoms. The number of nitrogens with one attached hydrogen (secondary N) is 1. The molecule has 2 aromatic rings.